The summed E-state index contributed by atoms with van der Waals surface area (Å²) >= 11 is 0. The van der Waals surface area contributed by atoms with E-state index in [9.17, 15) is 29.7 Å². The number of aromatic hydroxyl groups is 1. The van der Waals surface area contributed by atoms with Crippen molar-refractivity contribution in [1.29, 1.82) is 0 Å². The van der Waals surface area contributed by atoms with Gasteiger partial charge < -0.3 is 26.0 Å². The summed E-state index contributed by atoms with van der Waals surface area (Å²) in [6.07, 6.45) is 0.654. The molecule has 1 saturated carbocycles. The van der Waals surface area contributed by atoms with Gasteiger partial charge in [-0.2, -0.15) is 0 Å². The van der Waals surface area contributed by atoms with Crippen molar-refractivity contribution in [3.63, 3.8) is 0 Å². The number of carbonyl (C=O) groups excluding carboxylic acids is 3. The molecule has 3 aliphatic rings. The van der Waals surface area contributed by atoms with E-state index in [0.717, 1.165) is 5.69 Å². The second kappa shape index (κ2) is 7.82. The zero-order valence-electron chi connectivity index (χ0n) is 19.8. The normalized spacial score (nSPS) is 28.6. The number of phenols is 1. The topological polar surface area (TPSA) is 144 Å². The van der Waals surface area contributed by atoms with Crippen molar-refractivity contribution in [1.82, 2.24) is 4.90 Å². The number of aliphatic hydroxyl groups is 2. The fraction of sp³-hybridized carbons (Fsp3) is 0.458. The zero-order chi connectivity index (χ0) is 25.4. The number of aliphatic hydroxyl groups excluding tert-OH is 2. The van der Waals surface area contributed by atoms with Crippen molar-refractivity contribution >= 4 is 38.2 Å². The van der Waals surface area contributed by atoms with Crippen molar-refractivity contribution in [3.05, 3.63) is 39.7 Å². The van der Waals surface area contributed by atoms with Gasteiger partial charge in [-0.05, 0) is 57.0 Å². The molecule has 0 saturated heterocycles. The molecule has 1 fully saturated rings. The molecule has 5 atom stereocenters. The minimum atomic E-state index is -1.71. The van der Waals surface area contributed by atoms with E-state index in [1.807, 2.05) is 25.1 Å². The molecule has 4 rings (SSSR count). The van der Waals surface area contributed by atoms with Gasteiger partial charge in [0.15, 0.2) is 11.6 Å². The van der Waals surface area contributed by atoms with E-state index in [-0.39, 0.29) is 22.6 Å². The number of carbonyl (C=O) groups is 3. The smallest absolute Gasteiger partial charge is 0.255 e. The first kappa shape index (κ1) is 24.2. The van der Waals surface area contributed by atoms with Gasteiger partial charge in [-0.1, -0.05) is 0 Å². The number of phenolic OH excluding ortho intramolecular Hbond substituents is 1. The fourth-order valence-corrected chi connectivity index (χ4v) is 6.51. The Morgan fingerprint density at radius 1 is 1.18 bits per heavy atom. The van der Waals surface area contributed by atoms with Crippen LogP contribution in [0.3, 0.4) is 0 Å². The van der Waals surface area contributed by atoms with Gasteiger partial charge in [0.2, 0.25) is 0 Å². The monoisotopic (exact) mass is 487 g/mol. The summed E-state index contributed by atoms with van der Waals surface area (Å²) < 4.78 is 0. The van der Waals surface area contributed by atoms with Crippen LogP contribution in [0.15, 0.2) is 23.0 Å². The number of rotatable bonds is 3. The Morgan fingerprint density at radius 2 is 1.79 bits per heavy atom. The van der Waals surface area contributed by atoms with Crippen molar-refractivity contribution in [2.75, 3.05) is 33.1 Å². The summed E-state index contributed by atoms with van der Waals surface area (Å²) in [4.78, 5) is 42.8. The molecule has 9 nitrogen and oxygen atoms in total. The molecular weight excluding hydrogens is 457 g/mol. The quantitative estimate of drug-likeness (QED) is 0.368. The van der Waals surface area contributed by atoms with Crippen LogP contribution in [0.2, 0.25) is 0 Å². The summed E-state index contributed by atoms with van der Waals surface area (Å²) in [5.74, 6) is -4.60. The first-order chi connectivity index (χ1) is 15.7. The maximum absolute atomic E-state index is 14.0. The SMILES string of the molecule is Cc1cc(N(C)C)c2c(c1O)C(O)=C1C(=O)[C@]3(P)C(O)=C(C(N)=O)C(=O)[C@@H](N(C)C)[C@@H]3C[C@@H]1C2. The van der Waals surface area contributed by atoms with Gasteiger partial charge in [0.25, 0.3) is 5.91 Å². The Balaban J connectivity index is 2.01. The van der Waals surface area contributed by atoms with Gasteiger partial charge in [0.1, 0.15) is 28.0 Å². The van der Waals surface area contributed by atoms with Crippen LogP contribution >= 0.6 is 9.24 Å². The number of primary amides is 1. The highest BCUT2D eigenvalue weighted by molar-refractivity contribution is 7.22. The Morgan fingerprint density at radius 3 is 2.32 bits per heavy atom. The molecule has 3 aliphatic carbocycles. The van der Waals surface area contributed by atoms with Gasteiger partial charge >= 0.3 is 0 Å². The van der Waals surface area contributed by atoms with E-state index in [4.69, 9.17) is 5.73 Å². The number of ketones is 2. The van der Waals surface area contributed by atoms with Crippen LogP contribution in [0.1, 0.15) is 23.1 Å². The van der Waals surface area contributed by atoms with Gasteiger partial charge in [0.05, 0.1) is 11.6 Å². The average molecular weight is 487 g/mol. The third kappa shape index (κ3) is 3.03. The molecule has 0 spiro atoms. The highest BCUT2D eigenvalue weighted by Gasteiger charge is 2.62. The lowest BCUT2D eigenvalue weighted by atomic mass is 9.59. The van der Waals surface area contributed by atoms with E-state index in [2.05, 4.69) is 9.24 Å². The Bertz CT molecular complexity index is 1220. The van der Waals surface area contributed by atoms with Gasteiger partial charge in [-0.3, -0.25) is 19.3 Å². The number of benzene rings is 1. The molecule has 0 aromatic heterocycles. The zero-order valence-corrected chi connectivity index (χ0v) is 21.0. The average Bonchev–Trinajstić information content (AvgIpc) is 2.72. The fourth-order valence-electron chi connectivity index (χ4n) is 5.89. The van der Waals surface area contributed by atoms with Crippen molar-refractivity contribution in [2.24, 2.45) is 17.6 Å². The summed E-state index contributed by atoms with van der Waals surface area (Å²) in [5.41, 5.74) is 7.18. The third-order valence-corrected chi connectivity index (χ3v) is 8.44. The van der Waals surface area contributed by atoms with Crippen LogP contribution in [-0.4, -0.2) is 77.1 Å². The van der Waals surface area contributed by atoms with Crippen molar-refractivity contribution < 1.29 is 29.7 Å². The number of hydrogen-bond acceptors (Lipinski definition) is 8. The number of amides is 1. The van der Waals surface area contributed by atoms with Gasteiger partial charge in [-0.15, -0.1) is 9.24 Å². The predicted molar refractivity (Wildman–Crippen MR) is 131 cm³/mol. The minimum absolute atomic E-state index is 0.0755. The number of likely N-dealkylation sites (N-methyl/N-ethyl adjacent to an activating group) is 1. The highest BCUT2D eigenvalue weighted by atomic mass is 31.0. The predicted octanol–water partition coefficient (Wildman–Crippen LogP) is 1.22. The maximum Gasteiger partial charge on any atom is 0.255 e. The number of fused-ring (bicyclic) bond motifs is 3. The largest absolute Gasteiger partial charge is 0.510 e. The first-order valence-corrected chi connectivity index (χ1v) is 11.6. The van der Waals surface area contributed by atoms with E-state index in [0.29, 0.717) is 24.0 Å². The number of anilines is 1. The number of allylic oxidation sites excluding steroid dienone is 2. The summed E-state index contributed by atoms with van der Waals surface area (Å²) in [5, 5.41) is 31.5. The molecule has 1 unspecified atom stereocenters. The second-order valence-electron chi connectivity index (χ2n) is 9.87. The molecule has 0 aliphatic heterocycles. The lowest BCUT2D eigenvalue weighted by molar-refractivity contribution is -0.130. The van der Waals surface area contributed by atoms with E-state index >= 15 is 0 Å². The maximum atomic E-state index is 14.0. The molecule has 34 heavy (non-hydrogen) atoms. The summed E-state index contributed by atoms with van der Waals surface area (Å²) in [7, 11) is 9.39. The van der Waals surface area contributed by atoms with Gasteiger partial charge in [-0.25, -0.2) is 0 Å². The minimum Gasteiger partial charge on any atom is -0.510 e. The van der Waals surface area contributed by atoms with E-state index in [1.54, 1.807) is 25.9 Å². The van der Waals surface area contributed by atoms with Crippen LogP contribution in [0.5, 0.6) is 5.75 Å². The number of Topliss-reactive ketones (excluding diaryl/α,β-unsaturated/α-hetero) is 2. The molecule has 0 heterocycles. The Kier molecular flexibility index (Phi) is 5.57. The van der Waals surface area contributed by atoms with Crippen molar-refractivity contribution in [3.8, 4) is 5.75 Å². The Hall–Kier alpha value is -2.90. The van der Waals surface area contributed by atoms with Crippen LogP contribution in [0.25, 0.3) is 5.76 Å². The molecule has 10 heteroatoms. The van der Waals surface area contributed by atoms with Crippen LogP contribution in [0.4, 0.5) is 5.69 Å². The highest BCUT2D eigenvalue weighted by Crippen LogP contribution is 2.57. The molecule has 1 amide bonds. The molecule has 182 valence electrons. The number of nitrogens with zero attached hydrogens (tertiary/aromatic N) is 2. The Labute approximate surface area is 200 Å². The van der Waals surface area contributed by atoms with E-state index < -0.39 is 51.8 Å². The molecule has 0 radical (unpaired) electrons. The lowest BCUT2D eigenvalue weighted by Crippen LogP contribution is -2.63. The molecule has 1 aromatic carbocycles. The van der Waals surface area contributed by atoms with Crippen LogP contribution < -0.4 is 10.6 Å². The van der Waals surface area contributed by atoms with Gasteiger partial charge in [0, 0.05) is 31.3 Å². The van der Waals surface area contributed by atoms with Crippen LogP contribution in [-0.2, 0) is 20.8 Å². The molecular formula is C24H30N3O6P. The summed E-state index contributed by atoms with van der Waals surface area (Å²) in [6, 6.07) is 0.960. The molecule has 1 aromatic rings. The first-order valence-electron chi connectivity index (χ1n) is 11.0. The third-order valence-electron chi connectivity index (χ3n) is 7.48. The molecule has 5 N–H and O–H groups in total. The van der Waals surface area contributed by atoms with Crippen LogP contribution in [0, 0.1) is 18.8 Å². The number of aryl methyl sites for hydroxylation is 1. The standard InChI is InChI=1S/C24H30N3O6P/c1-9-6-13(26(2)3)11-7-10-8-12-17(27(4)5)20(30)16(23(25)33)22(32)24(12,34)21(31)14(10)19(29)15(11)18(9)28/h6,10,12,17,28-29,32H,7-8,34H2,1-5H3,(H2,25,33)/t10-,12-,17-,24-/m0/s1. The number of nitrogens with two attached hydrogens (primary N) is 1. The second-order valence-corrected chi connectivity index (χ2v) is 10.8. The van der Waals surface area contributed by atoms with E-state index in [1.165, 1.54) is 0 Å². The van der Waals surface area contributed by atoms with Crippen molar-refractivity contribution in [2.45, 2.75) is 31.0 Å². The molecule has 0 bridgehead atoms. The lowest BCUT2D eigenvalue weighted by Gasteiger charge is -2.51. The summed E-state index contributed by atoms with van der Waals surface area (Å²) in [6.45, 7) is 1.71. The number of hydrogen-bond donors (Lipinski definition) is 4.